The Balaban J connectivity index is 1.49. The number of thioether (sulfide) groups is 1. The van der Waals surface area contributed by atoms with E-state index in [2.05, 4.69) is 30.0 Å². The highest BCUT2D eigenvalue weighted by Crippen LogP contribution is 2.24. The smallest absolute Gasteiger partial charge is 0.236 e. The van der Waals surface area contributed by atoms with Crippen molar-refractivity contribution in [2.45, 2.75) is 31.5 Å². The number of thiazole rings is 1. The molecule has 1 saturated heterocycles. The first-order chi connectivity index (χ1) is 13.7. The number of nitrogens with one attached hydrogen (secondary N) is 1. The molecule has 146 valence electrons. The van der Waals surface area contributed by atoms with Gasteiger partial charge in [-0.05, 0) is 45.0 Å². The number of hydrogen-bond acceptors (Lipinski definition) is 7. The molecule has 0 unspecified atom stereocenters. The topological polar surface area (TPSA) is 75.9 Å². The maximum Gasteiger partial charge on any atom is 0.236 e. The van der Waals surface area contributed by atoms with Crippen LogP contribution in [0.15, 0.2) is 40.9 Å². The van der Waals surface area contributed by atoms with Gasteiger partial charge in [-0.2, -0.15) is 0 Å². The minimum Gasteiger partial charge on any atom is -0.301 e. The van der Waals surface area contributed by atoms with Crippen LogP contribution in [-0.4, -0.2) is 49.4 Å². The van der Waals surface area contributed by atoms with Gasteiger partial charge in [-0.25, -0.2) is 4.98 Å². The quantitative estimate of drug-likeness (QED) is 0.598. The van der Waals surface area contributed by atoms with Crippen molar-refractivity contribution in [1.82, 2.24) is 24.6 Å². The molecule has 0 aliphatic carbocycles. The Kier molecular flexibility index (Phi) is 6.04. The fourth-order valence-corrected chi connectivity index (χ4v) is 4.65. The fourth-order valence-electron chi connectivity index (χ4n) is 3.17. The van der Waals surface area contributed by atoms with Crippen molar-refractivity contribution in [2.24, 2.45) is 0 Å². The van der Waals surface area contributed by atoms with Crippen LogP contribution in [0.5, 0.6) is 0 Å². The van der Waals surface area contributed by atoms with E-state index in [1.165, 1.54) is 35.9 Å². The number of benzene rings is 1. The predicted octanol–water partition coefficient (Wildman–Crippen LogP) is 3.36. The highest BCUT2D eigenvalue weighted by atomic mass is 32.2. The van der Waals surface area contributed by atoms with E-state index in [1.54, 1.807) is 0 Å². The van der Waals surface area contributed by atoms with Crippen molar-refractivity contribution in [3.05, 3.63) is 47.2 Å². The Morgan fingerprint density at radius 2 is 2.00 bits per heavy atom. The Morgan fingerprint density at radius 3 is 2.71 bits per heavy atom. The normalized spacial score (nSPS) is 14.5. The molecule has 2 aromatic heterocycles. The van der Waals surface area contributed by atoms with Gasteiger partial charge >= 0.3 is 0 Å². The summed E-state index contributed by atoms with van der Waals surface area (Å²) in [6.07, 6.45) is 2.47. The molecule has 1 fully saturated rings. The molecule has 0 atom stereocenters. The molecule has 0 saturated carbocycles. The Labute approximate surface area is 172 Å². The summed E-state index contributed by atoms with van der Waals surface area (Å²) in [5.41, 5.74) is 1.92. The van der Waals surface area contributed by atoms with E-state index in [1.807, 2.05) is 42.6 Å². The molecule has 3 aromatic rings. The first-order valence-corrected chi connectivity index (χ1v) is 11.1. The second-order valence-electron chi connectivity index (χ2n) is 6.68. The number of nitrogens with zero attached hydrogens (tertiary/aromatic N) is 5. The van der Waals surface area contributed by atoms with E-state index in [0.29, 0.717) is 5.13 Å². The Morgan fingerprint density at radius 1 is 1.21 bits per heavy atom. The number of carbonyl (C=O) groups excluding carboxylic acids is 1. The largest absolute Gasteiger partial charge is 0.301 e. The fraction of sp³-hybridized carbons (Fsp3) is 0.368. The van der Waals surface area contributed by atoms with Crippen LogP contribution in [0.4, 0.5) is 5.13 Å². The van der Waals surface area contributed by atoms with Gasteiger partial charge in [-0.3, -0.25) is 14.3 Å². The Bertz CT molecular complexity index is 933. The van der Waals surface area contributed by atoms with Gasteiger partial charge in [-0.1, -0.05) is 30.0 Å². The summed E-state index contributed by atoms with van der Waals surface area (Å²) >= 11 is 2.82. The van der Waals surface area contributed by atoms with Crippen LogP contribution in [0.2, 0.25) is 0 Å². The van der Waals surface area contributed by atoms with Crippen molar-refractivity contribution in [3.63, 3.8) is 0 Å². The van der Waals surface area contributed by atoms with Crippen molar-refractivity contribution in [1.29, 1.82) is 0 Å². The number of aromatic nitrogens is 4. The molecule has 4 rings (SSSR count). The van der Waals surface area contributed by atoms with Crippen molar-refractivity contribution in [2.75, 3.05) is 24.2 Å². The van der Waals surface area contributed by atoms with E-state index in [-0.39, 0.29) is 11.7 Å². The van der Waals surface area contributed by atoms with E-state index in [4.69, 9.17) is 0 Å². The zero-order valence-electron chi connectivity index (χ0n) is 15.7. The third-order valence-corrected chi connectivity index (χ3v) is 6.28. The number of hydrogen-bond donors (Lipinski definition) is 1. The highest BCUT2D eigenvalue weighted by molar-refractivity contribution is 7.99. The number of carbonyl (C=O) groups is 1. The van der Waals surface area contributed by atoms with E-state index < -0.39 is 0 Å². The second-order valence-corrected chi connectivity index (χ2v) is 8.48. The van der Waals surface area contributed by atoms with Gasteiger partial charge in [0.05, 0.1) is 18.0 Å². The van der Waals surface area contributed by atoms with Gasteiger partial charge in [0, 0.05) is 11.1 Å². The maximum absolute atomic E-state index is 12.3. The summed E-state index contributed by atoms with van der Waals surface area (Å²) in [6.45, 7) is 4.87. The molecule has 1 aromatic carbocycles. The molecular formula is C19H22N6OS2. The number of aryl methyl sites for hydroxylation is 1. The number of likely N-dealkylation sites (tertiary alicyclic amines) is 1. The van der Waals surface area contributed by atoms with Gasteiger partial charge in [0.2, 0.25) is 5.91 Å². The predicted molar refractivity (Wildman–Crippen MR) is 112 cm³/mol. The van der Waals surface area contributed by atoms with Crippen LogP contribution < -0.4 is 5.32 Å². The molecule has 0 radical (unpaired) electrons. The van der Waals surface area contributed by atoms with Crippen LogP contribution >= 0.6 is 23.1 Å². The summed E-state index contributed by atoms with van der Waals surface area (Å²) in [6, 6.07) is 10.1. The Hall–Kier alpha value is -2.23. The van der Waals surface area contributed by atoms with E-state index >= 15 is 0 Å². The van der Waals surface area contributed by atoms with Gasteiger partial charge in [-0.15, -0.1) is 21.5 Å². The maximum atomic E-state index is 12.3. The molecule has 3 heterocycles. The van der Waals surface area contributed by atoms with Gasteiger partial charge < -0.3 is 5.32 Å². The summed E-state index contributed by atoms with van der Waals surface area (Å²) in [4.78, 5) is 19.0. The summed E-state index contributed by atoms with van der Waals surface area (Å²) in [5, 5.41) is 14.9. The summed E-state index contributed by atoms with van der Waals surface area (Å²) in [7, 11) is 0. The van der Waals surface area contributed by atoms with Crippen molar-refractivity contribution in [3.8, 4) is 5.69 Å². The lowest BCUT2D eigenvalue weighted by molar-refractivity contribution is -0.113. The van der Waals surface area contributed by atoms with Crippen LogP contribution in [0.25, 0.3) is 5.69 Å². The molecule has 0 spiro atoms. The molecule has 7 nitrogen and oxygen atoms in total. The summed E-state index contributed by atoms with van der Waals surface area (Å²) in [5.74, 6) is 1.07. The average Bonchev–Trinajstić information content (AvgIpc) is 3.43. The van der Waals surface area contributed by atoms with Gasteiger partial charge in [0.15, 0.2) is 16.1 Å². The lowest BCUT2D eigenvalue weighted by Crippen LogP contribution is -2.21. The summed E-state index contributed by atoms with van der Waals surface area (Å²) < 4.78 is 2.06. The van der Waals surface area contributed by atoms with Crippen molar-refractivity contribution >= 4 is 34.1 Å². The SMILES string of the molecule is Cc1csc(NC(=O)CSc2nnc(CN3CCCC3)n2-c2ccccc2)n1. The van der Waals surface area contributed by atoms with Crippen LogP contribution in [0.3, 0.4) is 0 Å². The third-order valence-electron chi connectivity index (χ3n) is 4.48. The first kappa shape index (κ1) is 19.1. The highest BCUT2D eigenvalue weighted by Gasteiger charge is 2.20. The first-order valence-electron chi connectivity index (χ1n) is 9.26. The number of anilines is 1. The molecule has 1 aliphatic rings. The molecule has 1 aliphatic heterocycles. The lowest BCUT2D eigenvalue weighted by Gasteiger charge is -2.15. The monoisotopic (exact) mass is 414 g/mol. The van der Waals surface area contributed by atoms with Gasteiger partial charge in [0.25, 0.3) is 0 Å². The zero-order valence-corrected chi connectivity index (χ0v) is 17.3. The molecule has 1 amide bonds. The zero-order chi connectivity index (χ0) is 19.3. The lowest BCUT2D eigenvalue weighted by atomic mass is 10.3. The molecule has 1 N–H and O–H groups in total. The molecular weight excluding hydrogens is 392 g/mol. The molecule has 0 bridgehead atoms. The van der Waals surface area contributed by atoms with Gasteiger partial charge in [0.1, 0.15) is 0 Å². The third kappa shape index (κ3) is 4.60. The van der Waals surface area contributed by atoms with Crippen LogP contribution in [0, 0.1) is 6.92 Å². The minimum atomic E-state index is -0.0944. The second kappa shape index (κ2) is 8.85. The molecule has 28 heavy (non-hydrogen) atoms. The van der Waals surface area contributed by atoms with E-state index in [9.17, 15) is 4.79 Å². The van der Waals surface area contributed by atoms with E-state index in [0.717, 1.165) is 42.0 Å². The standard InChI is InChI=1S/C19H22N6OS2/c1-14-12-27-18(20-14)21-17(26)13-28-19-23-22-16(11-24-9-5-6-10-24)25(19)15-7-3-2-4-8-15/h2-4,7-8,12H,5-6,9-11,13H2,1H3,(H,20,21,26). The van der Waals surface area contributed by atoms with Crippen molar-refractivity contribution < 1.29 is 4.79 Å². The number of rotatable bonds is 7. The average molecular weight is 415 g/mol. The van der Waals surface area contributed by atoms with Crippen LogP contribution in [0.1, 0.15) is 24.4 Å². The molecule has 9 heteroatoms. The number of amides is 1. The number of para-hydroxylation sites is 1. The van der Waals surface area contributed by atoms with Crippen LogP contribution in [-0.2, 0) is 11.3 Å². The minimum absolute atomic E-state index is 0.0944.